The second kappa shape index (κ2) is 7.14. The van der Waals surface area contributed by atoms with E-state index in [0.29, 0.717) is 0 Å². The molecule has 0 fully saturated rings. The molecule has 0 bridgehead atoms. The zero-order valence-corrected chi connectivity index (χ0v) is 14.7. The van der Waals surface area contributed by atoms with Gasteiger partial charge in [0.2, 0.25) is 0 Å². The Hall–Kier alpha value is -1.26. The molecular weight excluding hydrogens is 326 g/mol. The van der Waals surface area contributed by atoms with Gasteiger partial charge in [0.15, 0.2) is 5.82 Å². The minimum atomic E-state index is 0.821. The summed E-state index contributed by atoms with van der Waals surface area (Å²) in [4.78, 5) is 9.44. The Bertz CT molecular complexity index is 615. The van der Waals surface area contributed by atoms with E-state index in [1.165, 1.54) is 11.1 Å². The Labute approximate surface area is 135 Å². The predicted molar refractivity (Wildman–Crippen MR) is 91.6 cm³/mol. The molecule has 2 rings (SSSR count). The molecular formula is C17H22BrN3. The van der Waals surface area contributed by atoms with E-state index in [1.807, 2.05) is 6.07 Å². The van der Waals surface area contributed by atoms with Crippen LogP contribution < -0.4 is 5.32 Å². The van der Waals surface area contributed by atoms with Crippen molar-refractivity contribution in [2.24, 2.45) is 0 Å². The van der Waals surface area contributed by atoms with Gasteiger partial charge < -0.3 is 5.32 Å². The third kappa shape index (κ3) is 3.89. The second-order valence-electron chi connectivity index (χ2n) is 5.26. The van der Waals surface area contributed by atoms with E-state index in [2.05, 4.69) is 61.1 Å². The zero-order chi connectivity index (χ0) is 15.4. The fraction of sp³-hybridized carbons (Fsp3) is 0.412. The molecule has 0 aliphatic carbocycles. The van der Waals surface area contributed by atoms with Crippen molar-refractivity contribution < 1.29 is 0 Å². The lowest BCUT2D eigenvalue weighted by Crippen LogP contribution is -2.17. The Balaban J connectivity index is 2.35. The molecule has 0 radical (unpaired) electrons. The topological polar surface area (TPSA) is 37.8 Å². The van der Waals surface area contributed by atoms with E-state index in [0.717, 1.165) is 46.8 Å². The number of aromatic nitrogens is 2. The molecule has 0 unspecified atom stereocenters. The Morgan fingerprint density at radius 1 is 1.10 bits per heavy atom. The number of halogens is 1. The van der Waals surface area contributed by atoms with Crippen LogP contribution >= 0.6 is 15.9 Å². The highest BCUT2D eigenvalue weighted by molar-refractivity contribution is 9.10. The minimum absolute atomic E-state index is 0.821. The molecule has 0 amide bonds. The van der Waals surface area contributed by atoms with E-state index in [9.17, 15) is 0 Å². The summed E-state index contributed by atoms with van der Waals surface area (Å²) in [5.74, 6) is 0.821. The number of hydrogen-bond donors (Lipinski definition) is 1. The van der Waals surface area contributed by atoms with Crippen molar-refractivity contribution in [3.63, 3.8) is 0 Å². The van der Waals surface area contributed by atoms with Crippen LogP contribution in [0.3, 0.4) is 0 Å². The smallest absolute Gasteiger partial charge is 0.159 e. The van der Waals surface area contributed by atoms with Gasteiger partial charge in [0.05, 0.1) is 0 Å². The highest BCUT2D eigenvalue weighted by atomic mass is 79.9. The standard InChI is InChI=1S/C17H22BrN3/c1-5-19-9-8-16-12(3)20-17(21-13(16)4)15-7-6-14(18)10-11(15)2/h6-7,10,19H,5,8-9H2,1-4H3. The molecule has 112 valence electrons. The van der Waals surface area contributed by atoms with Gasteiger partial charge in [-0.05, 0) is 69.6 Å². The minimum Gasteiger partial charge on any atom is -0.317 e. The predicted octanol–water partition coefficient (Wildman–Crippen LogP) is 3.98. The van der Waals surface area contributed by atoms with Crippen molar-refractivity contribution in [3.8, 4) is 11.4 Å². The molecule has 1 N–H and O–H groups in total. The summed E-state index contributed by atoms with van der Waals surface area (Å²) in [7, 11) is 0. The number of benzene rings is 1. The van der Waals surface area contributed by atoms with Gasteiger partial charge in [-0.3, -0.25) is 0 Å². The summed E-state index contributed by atoms with van der Waals surface area (Å²) in [6.07, 6.45) is 0.977. The fourth-order valence-corrected chi connectivity index (χ4v) is 2.97. The van der Waals surface area contributed by atoms with Crippen molar-refractivity contribution in [1.82, 2.24) is 15.3 Å². The van der Waals surface area contributed by atoms with Crippen molar-refractivity contribution in [2.45, 2.75) is 34.1 Å². The number of rotatable bonds is 5. The highest BCUT2D eigenvalue weighted by Gasteiger charge is 2.11. The third-order valence-electron chi connectivity index (χ3n) is 3.65. The van der Waals surface area contributed by atoms with Crippen molar-refractivity contribution in [3.05, 3.63) is 45.2 Å². The molecule has 3 nitrogen and oxygen atoms in total. The normalized spacial score (nSPS) is 10.9. The molecule has 0 aliphatic heterocycles. The van der Waals surface area contributed by atoms with Crippen LogP contribution in [0.4, 0.5) is 0 Å². The highest BCUT2D eigenvalue weighted by Crippen LogP contribution is 2.25. The monoisotopic (exact) mass is 347 g/mol. The van der Waals surface area contributed by atoms with Crippen LogP contribution in [0.5, 0.6) is 0 Å². The van der Waals surface area contributed by atoms with Crippen molar-refractivity contribution in [1.29, 1.82) is 0 Å². The van der Waals surface area contributed by atoms with E-state index < -0.39 is 0 Å². The first-order chi connectivity index (χ1) is 10.0. The Kier molecular flexibility index (Phi) is 5.48. The van der Waals surface area contributed by atoms with Crippen LogP contribution in [0, 0.1) is 20.8 Å². The number of hydrogen-bond acceptors (Lipinski definition) is 3. The number of likely N-dealkylation sites (N-methyl/N-ethyl adjacent to an activating group) is 1. The Morgan fingerprint density at radius 2 is 1.76 bits per heavy atom. The molecule has 0 spiro atoms. The SMILES string of the molecule is CCNCCc1c(C)nc(-c2ccc(Br)cc2C)nc1C. The van der Waals surface area contributed by atoms with Gasteiger partial charge in [-0.15, -0.1) is 0 Å². The van der Waals surface area contributed by atoms with Crippen LogP contribution in [0.15, 0.2) is 22.7 Å². The molecule has 0 saturated carbocycles. The molecule has 21 heavy (non-hydrogen) atoms. The molecule has 1 aromatic carbocycles. The largest absolute Gasteiger partial charge is 0.317 e. The molecule has 0 aliphatic rings. The van der Waals surface area contributed by atoms with Crippen LogP contribution in [0.1, 0.15) is 29.4 Å². The molecule has 2 aromatic rings. The third-order valence-corrected chi connectivity index (χ3v) is 4.15. The zero-order valence-electron chi connectivity index (χ0n) is 13.1. The van der Waals surface area contributed by atoms with E-state index >= 15 is 0 Å². The van der Waals surface area contributed by atoms with E-state index in [1.54, 1.807) is 0 Å². The van der Waals surface area contributed by atoms with Gasteiger partial charge in [0.1, 0.15) is 0 Å². The van der Waals surface area contributed by atoms with Gasteiger partial charge >= 0.3 is 0 Å². The van der Waals surface area contributed by atoms with Gasteiger partial charge in [-0.25, -0.2) is 9.97 Å². The van der Waals surface area contributed by atoms with Crippen LogP contribution in [0.2, 0.25) is 0 Å². The molecule has 0 saturated heterocycles. The van der Waals surface area contributed by atoms with Gasteiger partial charge in [0.25, 0.3) is 0 Å². The summed E-state index contributed by atoms with van der Waals surface area (Å²) < 4.78 is 1.08. The Morgan fingerprint density at radius 3 is 2.33 bits per heavy atom. The van der Waals surface area contributed by atoms with Gasteiger partial charge in [-0.1, -0.05) is 22.9 Å². The van der Waals surface area contributed by atoms with Crippen LogP contribution in [-0.4, -0.2) is 23.1 Å². The maximum atomic E-state index is 4.72. The van der Waals surface area contributed by atoms with Crippen LogP contribution in [0.25, 0.3) is 11.4 Å². The second-order valence-corrected chi connectivity index (χ2v) is 6.18. The molecule has 1 aromatic heterocycles. The average Bonchev–Trinajstić information content (AvgIpc) is 2.41. The van der Waals surface area contributed by atoms with Gasteiger partial charge in [0, 0.05) is 21.4 Å². The van der Waals surface area contributed by atoms with E-state index in [4.69, 9.17) is 9.97 Å². The lowest BCUT2D eigenvalue weighted by Gasteiger charge is -2.12. The quantitative estimate of drug-likeness (QED) is 0.831. The summed E-state index contributed by atoms with van der Waals surface area (Å²) in [5, 5.41) is 3.35. The fourth-order valence-electron chi connectivity index (χ4n) is 2.49. The lowest BCUT2D eigenvalue weighted by molar-refractivity contribution is 0.708. The van der Waals surface area contributed by atoms with Crippen molar-refractivity contribution >= 4 is 15.9 Å². The molecule has 1 heterocycles. The average molecular weight is 348 g/mol. The first kappa shape index (κ1) is 16.1. The summed E-state index contributed by atoms with van der Waals surface area (Å²) in [6, 6.07) is 6.21. The maximum absolute atomic E-state index is 4.72. The lowest BCUT2D eigenvalue weighted by atomic mass is 10.1. The first-order valence-electron chi connectivity index (χ1n) is 7.34. The van der Waals surface area contributed by atoms with E-state index in [-0.39, 0.29) is 0 Å². The number of nitrogens with one attached hydrogen (secondary N) is 1. The molecule has 0 atom stereocenters. The number of nitrogens with zero attached hydrogens (tertiary/aromatic N) is 2. The molecule has 4 heteroatoms. The first-order valence-corrected chi connectivity index (χ1v) is 8.13. The van der Waals surface area contributed by atoms with Crippen molar-refractivity contribution in [2.75, 3.05) is 13.1 Å². The van der Waals surface area contributed by atoms with Crippen LogP contribution in [-0.2, 0) is 6.42 Å². The maximum Gasteiger partial charge on any atom is 0.159 e. The summed E-state index contributed by atoms with van der Waals surface area (Å²) in [5.41, 5.74) is 5.70. The number of aryl methyl sites for hydroxylation is 3. The van der Waals surface area contributed by atoms with Gasteiger partial charge in [-0.2, -0.15) is 0 Å². The summed E-state index contributed by atoms with van der Waals surface area (Å²) in [6.45, 7) is 10.3. The summed E-state index contributed by atoms with van der Waals surface area (Å²) >= 11 is 3.50.